The monoisotopic (exact) mass is 260 g/mol. The zero-order chi connectivity index (χ0) is 9.68. The van der Waals surface area contributed by atoms with Gasteiger partial charge in [0.05, 0.1) is 11.1 Å². The molecule has 1 rings (SSSR count). The lowest BCUT2D eigenvalue weighted by Crippen LogP contribution is -1.99. The van der Waals surface area contributed by atoms with E-state index in [1.807, 2.05) is 24.3 Å². The summed E-state index contributed by atoms with van der Waals surface area (Å²) in [5.74, 6) is -0.791. The van der Waals surface area contributed by atoms with Gasteiger partial charge in [-0.15, -0.1) is 11.8 Å². The van der Waals surface area contributed by atoms with Gasteiger partial charge in [-0.2, -0.15) is 0 Å². The Morgan fingerprint density at radius 3 is 2.46 bits per heavy atom. The molecule has 0 aliphatic heterocycles. The summed E-state index contributed by atoms with van der Waals surface area (Å²) in [5.41, 5.74) is 0.839. The number of carboxylic acid groups (broad SMARTS) is 1. The molecule has 0 unspecified atom stereocenters. The highest BCUT2D eigenvalue weighted by Crippen LogP contribution is 2.20. The van der Waals surface area contributed by atoms with Crippen LogP contribution in [-0.4, -0.2) is 15.7 Å². The van der Waals surface area contributed by atoms with E-state index in [4.69, 9.17) is 5.11 Å². The fourth-order valence-corrected chi connectivity index (χ4v) is 2.19. The van der Waals surface area contributed by atoms with Gasteiger partial charge in [0.1, 0.15) is 0 Å². The van der Waals surface area contributed by atoms with Crippen molar-refractivity contribution >= 4 is 33.7 Å². The molecule has 1 aromatic rings. The summed E-state index contributed by atoms with van der Waals surface area (Å²) in [6.45, 7) is 0. The third-order valence-corrected chi connectivity index (χ3v) is 2.90. The number of hydrogen-bond donors (Lipinski definition) is 1. The van der Waals surface area contributed by atoms with Crippen molar-refractivity contribution in [2.75, 3.05) is 4.66 Å². The minimum absolute atomic E-state index is 0.0965. The predicted molar refractivity (Wildman–Crippen MR) is 57.4 cm³/mol. The Kier molecular flexibility index (Phi) is 4.32. The van der Waals surface area contributed by atoms with Crippen molar-refractivity contribution in [2.24, 2.45) is 0 Å². The average molecular weight is 261 g/mol. The maximum atomic E-state index is 10.4. The van der Waals surface area contributed by atoms with E-state index in [0.717, 1.165) is 15.1 Å². The van der Waals surface area contributed by atoms with Gasteiger partial charge in [0, 0.05) is 4.90 Å². The lowest BCUT2D eigenvalue weighted by Gasteiger charge is -1.99. The molecule has 0 saturated heterocycles. The molecule has 0 spiro atoms. The molecule has 0 amide bonds. The Labute approximate surface area is 89.5 Å². The number of carbonyl (C=O) groups is 1. The molecule has 0 aromatic heterocycles. The fraction of sp³-hybridized carbons (Fsp3) is 0.222. The molecule has 0 atom stereocenters. The summed E-state index contributed by atoms with van der Waals surface area (Å²) < 4.78 is 0.852. The summed E-state index contributed by atoms with van der Waals surface area (Å²) in [6, 6.07) is 7.56. The lowest BCUT2D eigenvalue weighted by molar-refractivity contribution is -0.136. The molecule has 0 heterocycles. The molecule has 0 fully saturated rings. The first-order valence-electron chi connectivity index (χ1n) is 3.72. The summed E-state index contributed by atoms with van der Waals surface area (Å²) >= 11 is 4.99. The van der Waals surface area contributed by atoms with Crippen molar-refractivity contribution < 1.29 is 9.90 Å². The van der Waals surface area contributed by atoms with E-state index in [1.54, 1.807) is 11.8 Å². The maximum Gasteiger partial charge on any atom is 0.307 e. The van der Waals surface area contributed by atoms with Gasteiger partial charge in [-0.1, -0.05) is 28.1 Å². The van der Waals surface area contributed by atoms with Crippen LogP contribution < -0.4 is 0 Å². The number of halogens is 1. The first-order chi connectivity index (χ1) is 6.22. The normalized spacial score (nSPS) is 9.92. The van der Waals surface area contributed by atoms with Crippen molar-refractivity contribution in [3.05, 3.63) is 29.8 Å². The van der Waals surface area contributed by atoms with Crippen molar-refractivity contribution in [1.82, 2.24) is 0 Å². The zero-order valence-corrected chi connectivity index (χ0v) is 9.27. The Bertz CT molecular complexity index is 284. The third-order valence-electron chi connectivity index (χ3n) is 1.50. The van der Waals surface area contributed by atoms with E-state index in [2.05, 4.69) is 15.9 Å². The summed E-state index contributed by atoms with van der Waals surface area (Å²) in [5, 5.41) is 8.53. The van der Waals surface area contributed by atoms with Crippen LogP contribution in [0.5, 0.6) is 0 Å². The van der Waals surface area contributed by atoms with Crippen LogP contribution in [0.15, 0.2) is 29.2 Å². The molecule has 0 aliphatic rings. The first-order valence-corrected chi connectivity index (χ1v) is 5.82. The molecule has 13 heavy (non-hydrogen) atoms. The van der Waals surface area contributed by atoms with Crippen LogP contribution in [0.4, 0.5) is 0 Å². The van der Waals surface area contributed by atoms with Gasteiger partial charge in [-0.25, -0.2) is 0 Å². The fourth-order valence-electron chi connectivity index (χ4n) is 0.941. The largest absolute Gasteiger partial charge is 0.481 e. The molecular weight excluding hydrogens is 252 g/mol. The standard InChI is InChI=1S/C9H9BrO2S/c10-6-13-8-3-1-7(2-4-8)5-9(11)12/h1-4H,5-6H2,(H,11,12). The number of hydrogen-bond acceptors (Lipinski definition) is 2. The van der Waals surface area contributed by atoms with E-state index < -0.39 is 5.97 Å². The highest BCUT2D eigenvalue weighted by Gasteiger charge is 1.99. The smallest absolute Gasteiger partial charge is 0.307 e. The van der Waals surface area contributed by atoms with Gasteiger partial charge in [0.2, 0.25) is 0 Å². The van der Waals surface area contributed by atoms with E-state index in [1.165, 1.54) is 0 Å². The number of thioether (sulfide) groups is 1. The van der Waals surface area contributed by atoms with Gasteiger partial charge in [-0.05, 0) is 17.7 Å². The highest BCUT2D eigenvalue weighted by atomic mass is 79.9. The van der Waals surface area contributed by atoms with E-state index >= 15 is 0 Å². The quantitative estimate of drug-likeness (QED) is 0.668. The summed E-state index contributed by atoms with van der Waals surface area (Å²) in [6.07, 6.45) is 0.0965. The van der Waals surface area contributed by atoms with Crippen molar-refractivity contribution in [3.8, 4) is 0 Å². The van der Waals surface area contributed by atoms with Crippen molar-refractivity contribution in [2.45, 2.75) is 11.3 Å². The van der Waals surface area contributed by atoms with Gasteiger partial charge >= 0.3 is 5.97 Å². The topological polar surface area (TPSA) is 37.3 Å². The molecule has 0 bridgehead atoms. The molecule has 1 N–H and O–H groups in total. The van der Waals surface area contributed by atoms with Crippen LogP contribution in [-0.2, 0) is 11.2 Å². The first kappa shape index (κ1) is 10.6. The molecule has 70 valence electrons. The third kappa shape index (κ3) is 3.83. The van der Waals surface area contributed by atoms with Crippen LogP contribution >= 0.6 is 27.7 Å². The number of aliphatic carboxylic acids is 1. The van der Waals surface area contributed by atoms with Crippen LogP contribution in [0.25, 0.3) is 0 Å². The maximum absolute atomic E-state index is 10.4. The van der Waals surface area contributed by atoms with Gasteiger partial charge in [0.25, 0.3) is 0 Å². The Morgan fingerprint density at radius 2 is 2.00 bits per heavy atom. The van der Waals surface area contributed by atoms with Gasteiger partial charge in [-0.3, -0.25) is 4.79 Å². The molecule has 0 saturated carbocycles. The number of benzene rings is 1. The van der Waals surface area contributed by atoms with E-state index in [-0.39, 0.29) is 6.42 Å². The molecular formula is C9H9BrO2S. The Morgan fingerprint density at radius 1 is 1.38 bits per heavy atom. The van der Waals surface area contributed by atoms with E-state index in [9.17, 15) is 4.79 Å². The van der Waals surface area contributed by atoms with Crippen molar-refractivity contribution in [3.63, 3.8) is 0 Å². The molecule has 1 aromatic carbocycles. The lowest BCUT2D eigenvalue weighted by atomic mass is 10.2. The van der Waals surface area contributed by atoms with E-state index in [0.29, 0.717) is 0 Å². The van der Waals surface area contributed by atoms with Crippen LogP contribution in [0.1, 0.15) is 5.56 Å². The van der Waals surface area contributed by atoms with Crippen LogP contribution in [0.2, 0.25) is 0 Å². The van der Waals surface area contributed by atoms with Crippen LogP contribution in [0, 0.1) is 0 Å². The molecule has 4 heteroatoms. The minimum Gasteiger partial charge on any atom is -0.481 e. The minimum atomic E-state index is -0.791. The highest BCUT2D eigenvalue weighted by molar-refractivity contribution is 9.11. The summed E-state index contributed by atoms with van der Waals surface area (Å²) in [4.78, 5) is 11.5. The second-order valence-electron chi connectivity index (χ2n) is 2.47. The van der Waals surface area contributed by atoms with Gasteiger partial charge < -0.3 is 5.11 Å². The number of carboxylic acids is 1. The Balaban J connectivity index is 2.64. The average Bonchev–Trinajstić information content (AvgIpc) is 2.08. The second-order valence-corrected chi connectivity index (χ2v) is 4.82. The van der Waals surface area contributed by atoms with Crippen LogP contribution in [0.3, 0.4) is 0 Å². The number of alkyl halides is 1. The second kappa shape index (κ2) is 5.29. The predicted octanol–water partition coefficient (Wildman–Crippen LogP) is 2.76. The number of rotatable bonds is 4. The summed E-state index contributed by atoms with van der Waals surface area (Å²) in [7, 11) is 0. The molecule has 2 nitrogen and oxygen atoms in total. The van der Waals surface area contributed by atoms with Gasteiger partial charge in [0.15, 0.2) is 0 Å². The Hall–Kier alpha value is -0.480. The SMILES string of the molecule is O=C(O)Cc1ccc(SCBr)cc1. The molecule has 0 aliphatic carbocycles. The van der Waals surface area contributed by atoms with Crippen molar-refractivity contribution in [1.29, 1.82) is 0 Å². The zero-order valence-electron chi connectivity index (χ0n) is 6.87. The molecule has 0 radical (unpaired) electrons.